The highest BCUT2D eigenvalue weighted by Crippen LogP contribution is 2.32. The zero-order chi connectivity index (χ0) is 12.6. The van der Waals surface area contributed by atoms with Gasteiger partial charge in [-0.15, -0.1) is 0 Å². The predicted molar refractivity (Wildman–Crippen MR) is 69.4 cm³/mol. The highest BCUT2D eigenvalue weighted by atomic mass is 16.5. The maximum Gasteiger partial charge on any atom is 0.120 e. The first-order valence-electron chi connectivity index (χ1n) is 6.59. The van der Waals surface area contributed by atoms with Crippen molar-refractivity contribution >= 4 is 0 Å². The van der Waals surface area contributed by atoms with Crippen LogP contribution < -0.4 is 4.74 Å². The van der Waals surface area contributed by atoms with Gasteiger partial charge in [0.25, 0.3) is 0 Å². The molecule has 0 aliphatic heterocycles. The second kappa shape index (κ2) is 7.03. The third-order valence-electron chi connectivity index (χ3n) is 3.03. The number of nitriles is 1. The lowest BCUT2D eigenvalue weighted by Gasteiger charge is -2.07. The maximum atomic E-state index is 8.76. The lowest BCUT2D eigenvalue weighted by molar-refractivity contribution is 0.114. The van der Waals surface area contributed by atoms with E-state index in [1.54, 1.807) is 12.1 Å². The number of rotatable bonds is 8. The standard InChI is InChI=1S/C15H19NO2/c16-12-14-3-1-4-15(11-14)18-9-2-8-17-10-7-13-5-6-13/h1,3-4,11,13H,2,5-10H2. The molecule has 0 saturated heterocycles. The number of nitrogens with zero attached hydrogens (tertiary/aromatic N) is 1. The molecule has 0 spiro atoms. The van der Waals surface area contributed by atoms with Crippen molar-refractivity contribution in [3.8, 4) is 11.8 Å². The van der Waals surface area contributed by atoms with E-state index in [1.165, 1.54) is 19.3 Å². The summed E-state index contributed by atoms with van der Waals surface area (Å²) in [6, 6.07) is 9.33. The molecular formula is C15H19NO2. The van der Waals surface area contributed by atoms with Crippen molar-refractivity contribution in [1.82, 2.24) is 0 Å². The Morgan fingerprint density at radius 2 is 2.11 bits per heavy atom. The molecule has 0 atom stereocenters. The molecular weight excluding hydrogens is 226 g/mol. The average Bonchev–Trinajstić information content (AvgIpc) is 3.22. The Bertz CT molecular complexity index is 407. The fourth-order valence-electron chi connectivity index (χ4n) is 1.77. The smallest absolute Gasteiger partial charge is 0.120 e. The minimum Gasteiger partial charge on any atom is -0.493 e. The van der Waals surface area contributed by atoms with Crippen LogP contribution in [0.4, 0.5) is 0 Å². The van der Waals surface area contributed by atoms with Gasteiger partial charge in [0, 0.05) is 19.6 Å². The van der Waals surface area contributed by atoms with Crippen molar-refractivity contribution in [3.05, 3.63) is 29.8 Å². The van der Waals surface area contributed by atoms with Gasteiger partial charge in [-0.2, -0.15) is 5.26 Å². The summed E-state index contributed by atoms with van der Waals surface area (Å²) in [5.41, 5.74) is 0.633. The molecule has 18 heavy (non-hydrogen) atoms. The molecule has 96 valence electrons. The normalized spacial score (nSPS) is 14.2. The molecule has 1 saturated carbocycles. The van der Waals surface area contributed by atoms with Gasteiger partial charge < -0.3 is 9.47 Å². The van der Waals surface area contributed by atoms with Crippen LogP contribution in [0.25, 0.3) is 0 Å². The van der Waals surface area contributed by atoms with Crippen molar-refractivity contribution in [2.24, 2.45) is 5.92 Å². The van der Waals surface area contributed by atoms with Gasteiger partial charge in [0.2, 0.25) is 0 Å². The SMILES string of the molecule is N#Cc1cccc(OCCCOCCC2CC2)c1. The highest BCUT2D eigenvalue weighted by molar-refractivity contribution is 5.36. The van der Waals surface area contributed by atoms with Gasteiger partial charge in [0.1, 0.15) is 5.75 Å². The van der Waals surface area contributed by atoms with Crippen LogP contribution in [0.15, 0.2) is 24.3 Å². The van der Waals surface area contributed by atoms with E-state index in [0.717, 1.165) is 31.3 Å². The van der Waals surface area contributed by atoms with Gasteiger partial charge in [-0.3, -0.25) is 0 Å². The van der Waals surface area contributed by atoms with E-state index in [4.69, 9.17) is 14.7 Å². The van der Waals surface area contributed by atoms with Crippen LogP contribution in [0.1, 0.15) is 31.2 Å². The Labute approximate surface area is 108 Å². The molecule has 3 nitrogen and oxygen atoms in total. The number of hydrogen-bond acceptors (Lipinski definition) is 3. The zero-order valence-electron chi connectivity index (χ0n) is 10.6. The quantitative estimate of drug-likeness (QED) is 0.661. The van der Waals surface area contributed by atoms with Gasteiger partial charge in [0.05, 0.1) is 18.2 Å². The van der Waals surface area contributed by atoms with Crippen LogP contribution in [0.3, 0.4) is 0 Å². The maximum absolute atomic E-state index is 8.76. The molecule has 0 aromatic heterocycles. The average molecular weight is 245 g/mol. The van der Waals surface area contributed by atoms with Crippen LogP contribution >= 0.6 is 0 Å². The molecule has 0 N–H and O–H groups in total. The third kappa shape index (κ3) is 4.77. The first-order chi connectivity index (χ1) is 8.88. The van der Waals surface area contributed by atoms with Crippen molar-refractivity contribution < 1.29 is 9.47 Å². The number of benzene rings is 1. The van der Waals surface area contributed by atoms with E-state index in [0.29, 0.717) is 12.2 Å². The van der Waals surface area contributed by atoms with Crippen LogP contribution in [-0.4, -0.2) is 19.8 Å². The summed E-state index contributed by atoms with van der Waals surface area (Å²) < 4.78 is 11.1. The summed E-state index contributed by atoms with van der Waals surface area (Å²) in [6.07, 6.45) is 4.88. The van der Waals surface area contributed by atoms with Crippen LogP contribution in [0, 0.1) is 17.2 Å². The summed E-state index contributed by atoms with van der Waals surface area (Å²) in [5, 5.41) is 8.76. The minimum absolute atomic E-state index is 0.633. The van der Waals surface area contributed by atoms with Crippen molar-refractivity contribution in [1.29, 1.82) is 5.26 Å². The molecule has 3 heteroatoms. The number of ether oxygens (including phenoxy) is 2. The predicted octanol–water partition coefficient (Wildman–Crippen LogP) is 3.14. The van der Waals surface area contributed by atoms with E-state index >= 15 is 0 Å². The molecule has 2 rings (SSSR count). The summed E-state index contributed by atoms with van der Waals surface area (Å²) in [6.45, 7) is 2.28. The highest BCUT2D eigenvalue weighted by Gasteiger charge is 2.20. The van der Waals surface area contributed by atoms with Crippen LogP contribution in [-0.2, 0) is 4.74 Å². The van der Waals surface area contributed by atoms with Gasteiger partial charge >= 0.3 is 0 Å². The van der Waals surface area contributed by atoms with Crippen LogP contribution in [0.5, 0.6) is 5.75 Å². The van der Waals surface area contributed by atoms with E-state index < -0.39 is 0 Å². The molecule has 0 radical (unpaired) electrons. The summed E-state index contributed by atoms with van der Waals surface area (Å²) >= 11 is 0. The Kier molecular flexibility index (Phi) is 5.04. The Hall–Kier alpha value is -1.53. The molecule has 1 aliphatic carbocycles. The first kappa shape index (κ1) is 12.9. The number of hydrogen-bond donors (Lipinski definition) is 0. The van der Waals surface area contributed by atoms with Gasteiger partial charge in [-0.05, 0) is 30.5 Å². The second-order valence-corrected chi connectivity index (χ2v) is 4.69. The molecule has 1 aliphatic rings. The molecule has 1 fully saturated rings. The fourth-order valence-corrected chi connectivity index (χ4v) is 1.77. The molecule has 0 bridgehead atoms. The Morgan fingerprint density at radius 1 is 1.22 bits per heavy atom. The molecule has 1 aromatic carbocycles. The minimum atomic E-state index is 0.633. The zero-order valence-corrected chi connectivity index (χ0v) is 10.6. The molecule has 1 aromatic rings. The van der Waals surface area contributed by atoms with E-state index in [1.807, 2.05) is 12.1 Å². The second-order valence-electron chi connectivity index (χ2n) is 4.69. The van der Waals surface area contributed by atoms with Crippen molar-refractivity contribution in [2.45, 2.75) is 25.7 Å². The topological polar surface area (TPSA) is 42.2 Å². The Morgan fingerprint density at radius 3 is 2.89 bits per heavy atom. The van der Waals surface area contributed by atoms with E-state index in [2.05, 4.69) is 6.07 Å². The van der Waals surface area contributed by atoms with E-state index in [-0.39, 0.29) is 0 Å². The third-order valence-corrected chi connectivity index (χ3v) is 3.03. The molecule has 0 unspecified atom stereocenters. The van der Waals surface area contributed by atoms with Crippen molar-refractivity contribution in [3.63, 3.8) is 0 Å². The molecule has 0 heterocycles. The van der Waals surface area contributed by atoms with Crippen molar-refractivity contribution in [2.75, 3.05) is 19.8 Å². The van der Waals surface area contributed by atoms with Gasteiger partial charge in [-0.1, -0.05) is 18.9 Å². The van der Waals surface area contributed by atoms with Gasteiger partial charge in [-0.25, -0.2) is 0 Å². The fraction of sp³-hybridized carbons (Fsp3) is 0.533. The first-order valence-corrected chi connectivity index (χ1v) is 6.59. The molecule has 0 amide bonds. The summed E-state index contributed by atoms with van der Waals surface area (Å²) in [7, 11) is 0. The van der Waals surface area contributed by atoms with Gasteiger partial charge in [0.15, 0.2) is 0 Å². The summed E-state index contributed by atoms with van der Waals surface area (Å²) in [5.74, 6) is 1.70. The van der Waals surface area contributed by atoms with Crippen LogP contribution in [0.2, 0.25) is 0 Å². The van der Waals surface area contributed by atoms with E-state index in [9.17, 15) is 0 Å². The monoisotopic (exact) mass is 245 g/mol. The Balaban J connectivity index is 1.52. The largest absolute Gasteiger partial charge is 0.493 e. The summed E-state index contributed by atoms with van der Waals surface area (Å²) in [4.78, 5) is 0. The lowest BCUT2D eigenvalue weighted by atomic mass is 10.2. The lowest BCUT2D eigenvalue weighted by Crippen LogP contribution is -2.04.